The molecule has 6 N–H and O–H groups in total. The van der Waals surface area contributed by atoms with Gasteiger partial charge in [0.15, 0.2) is 0 Å². The number of fused-ring (bicyclic) bond motifs is 2. The molecule has 1 saturated carbocycles. The molecule has 1 aromatic heterocycles. The summed E-state index contributed by atoms with van der Waals surface area (Å²) < 4.78 is 5.36. The normalized spacial score (nSPS) is 17.8. The molecule has 0 radical (unpaired) electrons. The minimum absolute atomic E-state index is 0.0600. The number of anilines is 1. The van der Waals surface area contributed by atoms with E-state index in [1.54, 1.807) is 37.4 Å². The lowest BCUT2D eigenvalue weighted by Crippen LogP contribution is -2.53. The van der Waals surface area contributed by atoms with Gasteiger partial charge < -0.3 is 31.4 Å². The van der Waals surface area contributed by atoms with Crippen molar-refractivity contribution in [1.82, 2.24) is 15.6 Å². The fourth-order valence-corrected chi connectivity index (χ4v) is 5.22. The van der Waals surface area contributed by atoms with Crippen molar-refractivity contribution < 1.29 is 23.9 Å². The van der Waals surface area contributed by atoms with Gasteiger partial charge in [-0.3, -0.25) is 19.2 Å². The molecule has 0 spiro atoms. The molecule has 5 rings (SSSR count). The minimum Gasteiger partial charge on any atom is -0.496 e. The highest BCUT2D eigenvalue weighted by molar-refractivity contribution is 6.32. The molecule has 3 atom stereocenters. The number of primary amides is 1. The van der Waals surface area contributed by atoms with Gasteiger partial charge >= 0.3 is 0 Å². The summed E-state index contributed by atoms with van der Waals surface area (Å²) in [7, 11) is 1.55. The van der Waals surface area contributed by atoms with Crippen molar-refractivity contribution in [3.63, 3.8) is 0 Å². The first kappa shape index (κ1) is 25.6. The molecular formula is C27H28ClN5O5. The Morgan fingerprint density at radius 1 is 1.11 bits per heavy atom. The second-order valence-electron chi connectivity index (χ2n) is 9.75. The van der Waals surface area contributed by atoms with Crippen LogP contribution in [0, 0.1) is 5.92 Å². The van der Waals surface area contributed by atoms with Crippen LogP contribution in [0.1, 0.15) is 47.7 Å². The lowest BCUT2D eigenvalue weighted by Gasteiger charge is -2.23. The third kappa shape index (κ3) is 5.17. The Kier molecular flexibility index (Phi) is 6.98. The van der Waals surface area contributed by atoms with Crippen molar-refractivity contribution in [1.29, 1.82) is 0 Å². The zero-order valence-electron chi connectivity index (χ0n) is 20.7. The van der Waals surface area contributed by atoms with Crippen LogP contribution in [0.15, 0.2) is 42.5 Å². The summed E-state index contributed by atoms with van der Waals surface area (Å²) in [5.74, 6) is -1.96. The maximum atomic E-state index is 13.3. The fraction of sp³-hybridized carbons (Fsp3) is 0.333. The molecule has 198 valence electrons. The highest BCUT2D eigenvalue weighted by Gasteiger charge is 2.38. The predicted molar refractivity (Wildman–Crippen MR) is 142 cm³/mol. The van der Waals surface area contributed by atoms with Gasteiger partial charge in [0.1, 0.15) is 23.5 Å². The number of aromatic nitrogens is 1. The first-order chi connectivity index (χ1) is 18.2. The second-order valence-corrected chi connectivity index (χ2v) is 10.2. The molecule has 1 aliphatic carbocycles. The number of nitrogens with one attached hydrogen (secondary N) is 4. The molecule has 1 fully saturated rings. The maximum absolute atomic E-state index is 13.3. The Balaban J connectivity index is 1.32. The molecule has 2 aromatic carbocycles. The van der Waals surface area contributed by atoms with E-state index in [4.69, 9.17) is 22.1 Å². The van der Waals surface area contributed by atoms with E-state index in [0.717, 1.165) is 23.7 Å². The maximum Gasteiger partial charge on any atom is 0.268 e. The molecule has 2 aliphatic rings. The van der Waals surface area contributed by atoms with Crippen LogP contribution in [0.3, 0.4) is 0 Å². The highest BCUT2D eigenvalue weighted by atomic mass is 35.5. The van der Waals surface area contributed by atoms with Crippen LogP contribution in [-0.2, 0) is 14.4 Å². The van der Waals surface area contributed by atoms with Crippen LogP contribution in [0.5, 0.6) is 5.75 Å². The van der Waals surface area contributed by atoms with Gasteiger partial charge in [-0.15, -0.1) is 0 Å². The van der Waals surface area contributed by atoms with Gasteiger partial charge in [0.05, 0.1) is 13.0 Å². The fourth-order valence-electron chi connectivity index (χ4n) is 4.91. The number of hydrogen-bond acceptors (Lipinski definition) is 5. The van der Waals surface area contributed by atoms with Crippen LogP contribution in [0.2, 0.25) is 5.02 Å². The lowest BCUT2D eigenvalue weighted by atomic mass is 9.92. The largest absolute Gasteiger partial charge is 0.496 e. The molecule has 1 aliphatic heterocycles. The summed E-state index contributed by atoms with van der Waals surface area (Å²) >= 11 is 6.32. The molecule has 11 heteroatoms. The van der Waals surface area contributed by atoms with E-state index in [1.165, 1.54) is 0 Å². The molecular weight excluding hydrogens is 510 g/mol. The number of halogens is 1. The number of benzene rings is 2. The molecule has 3 unspecified atom stereocenters. The summed E-state index contributed by atoms with van der Waals surface area (Å²) in [5.41, 5.74) is 7.75. The summed E-state index contributed by atoms with van der Waals surface area (Å²) in [4.78, 5) is 54.5. The topological polar surface area (TPSA) is 155 Å². The molecule has 0 saturated heterocycles. The standard InChI is InChI=1S/C27H28ClN5O5/c1-38-22-7-3-5-17-14(22)11-21(30-17)27(37)33-20(10-13-8-9-13)26(36)32-19(24(29)34)12-15-23-16(28)4-2-6-18(23)31-25(15)35/h2-7,11,13,15,19-20,30H,8-10,12H2,1H3,(H2,29,34)(H,31,35)(H,32,36)(H,33,37). The van der Waals surface area contributed by atoms with Crippen LogP contribution in [0.25, 0.3) is 10.9 Å². The highest BCUT2D eigenvalue weighted by Crippen LogP contribution is 2.40. The number of ether oxygens (including phenoxy) is 1. The SMILES string of the molecule is COc1cccc2[nH]c(C(=O)NC(CC3CC3)C(=O)NC(CC3C(=O)Nc4cccc(Cl)c43)C(N)=O)cc12. The number of H-pyrrole nitrogens is 1. The second kappa shape index (κ2) is 10.4. The Hall–Kier alpha value is -4.05. The number of amides is 4. The predicted octanol–water partition coefficient (Wildman–Crippen LogP) is 2.82. The van der Waals surface area contributed by atoms with Crippen molar-refractivity contribution in [3.8, 4) is 5.75 Å². The smallest absolute Gasteiger partial charge is 0.268 e. The number of aromatic amines is 1. The van der Waals surface area contributed by atoms with Crippen molar-refractivity contribution in [2.75, 3.05) is 12.4 Å². The van der Waals surface area contributed by atoms with E-state index < -0.39 is 35.7 Å². The van der Waals surface area contributed by atoms with Crippen molar-refractivity contribution in [2.45, 2.75) is 43.7 Å². The molecule has 3 aromatic rings. The van der Waals surface area contributed by atoms with Gasteiger partial charge in [0.2, 0.25) is 17.7 Å². The number of methoxy groups -OCH3 is 1. The molecule has 38 heavy (non-hydrogen) atoms. The van der Waals surface area contributed by atoms with Gasteiger partial charge in [0, 0.05) is 27.2 Å². The third-order valence-electron chi connectivity index (χ3n) is 7.08. The minimum atomic E-state index is -1.14. The average Bonchev–Trinajstić information content (AvgIpc) is 3.49. The Bertz CT molecular complexity index is 1430. The monoisotopic (exact) mass is 537 g/mol. The summed E-state index contributed by atoms with van der Waals surface area (Å²) in [6.45, 7) is 0. The summed E-state index contributed by atoms with van der Waals surface area (Å²) in [6, 6.07) is 10.2. The number of carbonyl (C=O) groups excluding carboxylic acids is 4. The van der Waals surface area contributed by atoms with E-state index in [0.29, 0.717) is 34.4 Å². The van der Waals surface area contributed by atoms with Crippen molar-refractivity contribution in [3.05, 3.63) is 58.7 Å². The lowest BCUT2D eigenvalue weighted by molar-refractivity contribution is -0.129. The van der Waals surface area contributed by atoms with Gasteiger partial charge in [0.25, 0.3) is 5.91 Å². The number of rotatable bonds is 10. The van der Waals surface area contributed by atoms with Crippen molar-refractivity contribution in [2.24, 2.45) is 11.7 Å². The third-order valence-corrected chi connectivity index (χ3v) is 7.41. The average molecular weight is 538 g/mol. The molecule has 2 heterocycles. The first-order valence-corrected chi connectivity index (χ1v) is 12.8. The van der Waals surface area contributed by atoms with Crippen LogP contribution in [-0.4, -0.2) is 47.8 Å². The van der Waals surface area contributed by atoms with E-state index in [1.807, 2.05) is 12.1 Å². The Morgan fingerprint density at radius 3 is 2.58 bits per heavy atom. The summed E-state index contributed by atoms with van der Waals surface area (Å²) in [6.07, 6.45) is 2.28. The van der Waals surface area contributed by atoms with Crippen molar-refractivity contribution >= 4 is 51.8 Å². The Morgan fingerprint density at radius 2 is 1.87 bits per heavy atom. The molecule has 4 amide bonds. The zero-order valence-corrected chi connectivity index (χ0v) is 21.4. The van der Waals surface area contributed by atoms with Crippen LogP contribution >= 0.6 is 11.6 Å². The molecule has 10 nitrogen and oxygen atoms in total. The van der Waals surface area contributed by atoms with E-state index in [-0.39, 0.29) is 18.0 Å². The van der Waals surface area contributed by atoms with E-state index >= 15 is 0 Å². The number of carbonyl (C=O) groups is 4. The van der Waals surface area contributed by atoms with Gasteiger partial charge in [-0.2, -0.15) is 0 Å². The van der Waals surface area contributed by atoms with Gasteiger partial charge in [-0.1, -0.05) is 36.6 Å². The quantitative estimate of drug-likeness (QED) is 0.269. The summed E-state index contributed by atoms with van der Waals surface area (Å²) in [5, 5.41) is 9.34. The first-order valence-electron chi connectivity index (χ1n) is 12.4. The van der Waals surface area contributed by atoms with Gasteiger partial charge in [-0.25, -0.2) is 0 Å². The van der Waals surface area contributed by atoms with Gasteiger partial charge in [-0.05, 0) is 49.1 Å². The van der Waals surface area contributed by atoms with Crippen LogP contribution < -0.4 is 26.4 Å². The van der Waals surface area contributed by atoms with E-state index in [9.17, 15) is 19.2 Å². The van der Waals surface area contributed by atoms with E-state index in [2.05, 4.69) is 20.9 Å². The van der Waals surface area contributed by atoms with Crippen LogP contribution in [0.4, 0.5) is 5.69 Å². The zero-order chi connectivity index (χ0) is 27.0. The molecule has 0 bridgehead atoms. The Labute approximate surface area is 223 Å². The number of nitrogens with two attached hydrogens (primary N) is 1. The number of hydrogen-bond donors (Lipinski definition) is 5.